The third kappa shape index (κ3) is 2.59. The fourth-order valence-electron chi connectivity index (χ4n) is 1.57. The zero-order valence-corrected chi connectivity index (χ0v) is 11.5. The van der Waals surface area contributed by atoms with Gasteiger partial charge in [-0.15, -0.1) is 0 Å². The van der Waals surface area contributed by atoms with Crippen molar-refractivity contribution in [1.29, 1.82) is 0 Å². The normalized spacial score (nSPS) is 11.7. The van der Waals surface area contributed by atoms with E-state index in [1.807, 2.05) is 0 Å². The van der Waals surface area contributed by atoms with Crippen LogP contribution in [-0.4, -0.2) is 22.1 Å². The molecule has 0 amide bonds. The Labute approximate surface area is 118 Å². The molecule has 0 atom stereocenters. The summed E-state index contributed by atoms with van der Waals surface area (Å²) < 4.78 is 32.8. The second kappa shape index (κ2) is 5.17. The average Bonchev–Trinajstić information content (AvgIpc) is 2.88. The molecule has 0 aliphatic heterocycles. The molecule has 0 radical (unpaired) electrons. The molecule has 1 aromatic carbocycles. The minimum atomic E-state index is -1.34. The van der Waals surface area contributed by atoms with Crippen molar-refractivity contribution < 1.29 is 18.2 Å². The number of rotatable bonds is 4. The van der Waals surface area contributed by atoms with Crippen LogP contribution in [0.5, 0.6) is 0 Å². The Balaban J connectivity index is 2.58. The number of nitrogens with one attached hydrogen (secondary N) is 1. The van der Waals surface area contributed by atoms with Crippen LogP contribution in [0.4, 0.5) is 14.5 Å². The van der Waals surface area contributed by atoms with Gasteiger partial charge in [-0.1, -0.05) is 5.16 Å². The fraction of sp³-hybridized carbons (Fsp3) is 0.333. The Kier molecular flexibility index (Phi) is 3.69. The molecule has 0 fully saturated rings. The molecule has 2 aromatic rings. The summed E-state index contributed by atoms with van der Waals surface area (Å²) in [6, 6.07) is 1.53. The third-order valence-corrected chi connectivity index (χ3v) is 3.08. The summed E-state index contributed by atoms with van der Waals surface area (Å²) in [5.74, 6) is -2.63. The van der Waals surface area contributed by atoms with Crippen LogP contribution >= 0.6 is 0 Å². The van der Waals surface area contributed by atoms with Crippen molar-refractivity contribution >= 4 is 5.69 Å². The van der Waals surface area contributed by atoms with E-state index in [1.54, 1.807) is 20.9 Å². The number of hydrogen-bond acceptors (Lipinski definition) is 6. The molecule has 1 N–H and O–H groups in total. The van der Waals surface area contributed by atoms with Crippen molar-refractivity contribution in [3.05, 3.63) is 39.8 Å². The maximum absolute atomic E-state index is 14.0. The monoisotopic (exact) mass is 298 g/mol. The van der Waals surface area contributed by atoms with Gasteiger partial charge in [0.15, 0.2) is 0 Å². The largest absolute Gasteiger partial charge is 0.337 e. The van der Waals surface area contributed by atoms with E-state index in [4.69, 9.17) is 4.52 Å². The molecule has 1 aromatic heterocycles. The molecule has 0 aliphatic carbocycles. The highest BCUT2D eigenvalue weighted by atomic mass is 19.1. The molecule has 0 saturated carbocycles. The molecule has 1 heterocycles. The quantitative estimate of drug-likeness (QED) is 0.688. The van der Waals surface area contributed by atoms with Gasteiger partial charge in [0, 0.05) is 6.07 Å². The standard InChI is InChI=1S/C12H12F2N4O3/c1-12(2,15-3)11-16-10(17-21-11)8-6(13)4-5-7(9(8)14)18(19)20/h4-5,15H,1-3H3. The zero-order valence-electron chi connectivity index (χ0n) is 11.5. The molecular formula is C12H12F2N4O3. The van der Waals surface area contributed by atoms with Gasteiger partial charge in [-0.3, -0.25) is 10.1 Å². The Morgan fingerprint density at radius 3 is 2.62 bits per heavy atom. The first-order chi connectivity index (χ1) is 9.77. The number of nitrogens with zero attached hydrogens (tertiary/aromatic N) is 3. The molecular weight excluding hydrogens is 286 g/mol. The van der Waals surface area contributed by atoms with Gasteiger partial charge in [0.2, 0.25) is 17.5 Å². The van der Waals surface area contributed by atoms with Gasteiger partial charge in [-0.25, -0.2) is 4.39 Å². The Bertz CT molecular complexity index is 700. The van der Waals surface area contributed by atoms with Crippen molar-refractivity contribution in [3.8, 4) is 11.4 Å². The minimum Gasteiger partial charge on any atom is -0.337 e. The van der Waals surface area contributed by atoms with E-state index in [2.05, 4.69) is 15.5 Å². The Hall–Kier alpha value is -2.42. The Morgan fingerprint density at radius 1 is 1.38 bits per heavy atom. The smallest absolute Gasteiger partial charge is 0.305 e. The van der Waals surface area contributed by atoms with E-state index in [9.17, 15) is 18.9 Å². The molecule has 0 bridgehead atoms. The Morgan fingerprint density at radius 2 is 2.05 bits per heavy atom. The molecule has 9 heteroatoms. The number of nitro benzene ring substituents is 1. The molecule has 21 heavy (non-hydrogen) atoms. The summed E-state index contributed by atoms with van der Waals surface area (Å²) in [5, 5.41) is 17.1. The van der Waals surface area contributed by atoms with Gasteiger partial charge in [0.25, 0.3) is 0 Å². The van der Waals surface area contributed by atoms with E-state index >= 15 is 0 Å². The molecule has 7 nitrogen and oxygen atoms in total. The molecule has 0 spiro atoms. The van der Waals surface area contributed by atoms with Crippen LogP contribution in [-0.2, 0) is 5.54 Å². The zero-order chi connectivity index (χ0) is 15.8. The van der Waals surface area contributed by atoms with Crippen LogP contribution in [0.25, 0.3) is 11.4 Å². The summed E-state index contributed by atoms with van der Waals surface area (Å²) in [5.41, 5.74) is -2.25. The van der Waals surface area contributed by atoms with Gasteiger partial charge in [-0.2, -0.15) is 9.37 Å². The summed E-state index contributed by atoms with van der Waals surface area (Å²) in [4.78, 5) is 13.7. The lowest BCUT2D eigenvalue weighted by atomic mass is 10.1. The van der Waals surface area contributed by atoms with E-state index in [0.717, 1.165) is 12.1 Å². The highest BCUT2D eigenvalue weighted by Crippen LogP contribution is 2.31. The summed E-state index contributed by atoms with van der Waals surface area (Å²) >= 11 is 0. The molecule has 112 valence electrons. The van der Waals surface area contributed by atoms with Gasteiger partial charge in [0.05, 0.1) is 10.5 Å². The average molecular weight is 298 g/mol. The first-order valence-electron chi connectivity index (χ1n) is 5.93. The predicted molar refractivity (Wildman–Crippen MR) is 68.4 cm³/mol. The third-order valence-electron chi connectivity index (χ3n) is 3.08. The summed E-state index contributed by atoms with van der Waals surface area (Å²) in [6.07, 6.45) is 0. The second-order valence-corrected chi connectivity index (χ2v) is 4.81. The van der Waals surface area contributed by atoms with Crippen LogP contribution in [0, 0.1) is 21.7 Å². The lowest BCUT2D eigenvalue weighted by Crippen LogP contribution is -2.33. The predicted octanol–water partition coefficient (Wildman–Crippen LogP) is 2.38. The van der Waals surface area contributed by atoms with Gasteiger partial charge in [-0.05, 0) is 27.0 Å². The van der Waals surface area contributed by atoms with E-state index in [-0.39, 0.29) is 11.7 Å². The first kappa shape index (κ1) is 15.0. The summed E-state index contributed by atoms with van der Waals surface area (Å²) in [7, 11) is 1.65. The lowest BCUT2D eigenvalue weighted by Gasteiger charge is -2.17. The van der Waals surface area contributed by atoms with Crippen molar-refractivity contribution in [2.45, 2.75) is 19.4 Å². The van der Waals surface area contributed by atoms with Crippen molar-refractivity contribution in [2.24, 2.45) is 0 Å². The van der Waals surface area contributed by atoms with Gasteiger partial charge in [0.1, 0.15) is 11.4 Å². The van der Waals surface area contributed by atoms with E-state index < -0.39 is 33.3 Å². The van der Waals surface area contributed by atoms with Gasteiger partial charge >= 0.3 is 5.69 Å². The highest BCUT2D eigenvalue weighted by Gasteiger charge is 2.29. The van der Waals surface area contributed by atoms with Gasteiger partial charge < -0.3 is 9.84 Å². The molecule has 0 aliphatic rings. The van der Waals surface area contributed by atoms with Crippen molar-refractivity contribution in [3.63, 3.8) is 0 Å². The minimum absolute atomic E-state index is 0.102. The van der Waals surface area contributed by atoms with Crippen LogP contribution < -0.4 is 5.32 Å². The fourth-order valence-corrected chi connectivity index (χ4v) is 1.57. The maximum atomic E-state index is 14.0. The number of nitro groups is 1. The molecule has 0 saturated heterocycles. The molecule has 0 unspecified atom stereocenters. The SMILES string of the molecule is CNC(C)(C)c1nc(-c2c(F)ccc([N+](=O)[O-])c2F)no1. The van der Waals surface area contributed by atoms with Crippen LogP contribution in [0.2, 0.25) is 0 Å². The number of benzene rings is 1. The molecule has 2 rings (SSSR count). The van der Waals surface area contributed by atoms with Crippen molar-refractivity contribution in [2.75, 3.05) is 7.05 Å². The topological polar surface area (TPSA) is 94.1 Å². The maximum Gasteiger partial charge on any atom is 0.305 e. The van der Waals surface area contributed by atoms with E-state index in [0.29, 0.717) is 0 Å². The van der Waals surface area contributed by atoms with Crippen molar-refractivity contribution in [1.82, 2.24) is 15.5 Å². The number of halogens is 2. The lowest BCUT2D eigenvalue weighted by molar-refractivity contribution is -0.387. The summed E-state index contributed by atoms with van der Waals surface area (Å²) in [6.45, 7) is 3.45. The first-order valence-corrected chi connectivity index (χ1v) is 5.93. The second-order valence-electron chi connectivity index (χ2n) is 4.81. The number of aromatic nitrogens is 2. The van der Waals surface area contributed by atoms with E-state index in [1.165, 1.54) is 0 Å². The van der Waals surface area contributed by atoms with Crippen LogP contribution in [0.15, 0.2) is 16.7 Å². The number of hydrogen-bond donors (Lipinski definition) is 1. The highest BCUT2D eigenvalue weighted by molar-refractivity contribution is 5.61. The van der Waals surface area contributed by atoms with Crippen LogP contribution in [0.3, 0.4) is 0 Å². The van der Waals surface area contributed by atoms with Crippen LogP contribution in [0.1, 0.15) is 19.7 Å².